The van der Waals surface area contributed by atoms with E-state index < -0.39 is 0 Å². The molecule has 5 rings (SSSR count). The van der Waals surface area contributed by atoms with Gasteiger partial charge in [-0.2, -0.15) is 0 Å². The first-order valence-electron chi connectivity index (χ1n) is 9.47. The second kappa shape index (κ2) is 6.68. The van der Waals surface area contributed by atoms with Crippen LogP contribution in [-0.2, 0) is 11.3 Å². The summed E-state index contributed by atoms with van der Waals surface area (Å²) in [6.45, 7) is 4.27. The highest BCUT2D eigenvalue weighted by atomic mass is 35.5. The number of hydrogen-bond donors (Lipinski definition) is 2. The molecular weight excluding hydrogens is 384 g/mol. The van der Waals surface area contributed by atoms with Crippen LogP contribution in [0.5, 0.6) is 0 Å². The predicted molar refractivity (Wildman–Crippen MR) is 118 cm³/mol. The molecule has 0 saturated heterocycles. The summed E-state index contributed by atoms with van der Waals surface area (Å²) in [6, 6.07) is 17.6. The third kappa shape index (κ3) is 2.88. The standard InChI is InChI=1S/C24H19ClN2O2/c1-13-21-14(2)23(24(28)29-12-15-6-4-3-5-7-15)27-20(21)11-18-17-10-16(25)8-9-19(17)26-22(13)18/h3-11,26-27H,12H2,1-2H3. The van der Waals surface area contributed by atoms with E-state index in [4.69, 9.17) is 16.3 Å². The Hall–Kier alpha value is -3.24. The maximum Gasteiger partial charge on any atom is 0.355 e. The molecule has 0 fully saturated rings. The van der Waals surface area contributed by atoms with E-state index in [0.29, 0.717) is 10.7 Å². The first kappa shape index (κ1) is 17.8. The molecule has 2 heterocycles. The monoisotopic (exact) mass is 402 g/mol. The summed E-state index contributed by atoms with van der Waals surface area (Å²) < 4.78 is 5.53. The van der Waals surface area contributed by atoms with Gasteiger partial charge in [0.25, 0.3) is 0 Å². The fourth-order valence-electron chi connectivity index (χ4n) is 4.11. The molecule has 0 aliphatic heterocycles. The highest BCUT2D eigenvalue weighted by Crippen LogP contribution is 2.36. The highest BCUT2D eigenvalue weighted by Gasteiger charge is 2.20. The molecule has 0 spiro atoms. The zero-order chi connectivity index (χ0) is 20.1. The van der Waals surface area contributed by atoms with E-state index in [-0.39, 0.29) is 12.6 Å². The summed E-state index contributed by atoms with van der Waals surface area (Å²) in [6.07, 6.45) is 0. The molecule has 5 heteroatoms. The Balaban J connectivity index is 1.60. The maximum atomic E-state index is 12.7. The van der Waals surface area contributed by atoms with Gasteiger partial charge in [-0.15, -0.1) is 0 Å². The largest absolute Gasteiger partial charge is 0.456 e. The smallest absolute Gasteiger partial charge is 0.355 e. The van der Waals surface area contributed by atoms with Crippen molar-refractivity contribution in [2.24, 2.45) is 0 Å². The molecule has 29 heavy (non-hydrogen) atoms. The van der Waals surface area contributed by atoms with Gasteiger partial charge < -0.3 is 14.7 Å². The van der Waals surface area contributed by atoms with Crippen LogP contribution >= 0.6 is 11.6 Å². The van der Waals surface area contributed by atoms with Crippen LogP contribution in [-0.4, -0.2) is 15.9 Å². The molecular formula is C24H19ClN2O2. The number of carbonyl (C=O) groups is 1. The van der Waals surface area contributed by atoms with Crippen molar-refractivity contribution in [2.45, 2.75) is 20.5 Å². The molecule has 0 atom stereocenters. The molecule has 0 amide bonds. The van der Waals surface area contributed by atoms with E-state index in [2.05, 4.69) is 23.0 Å². The first-order valence-corrected chi connectivity index (χ1v) is 9.84. The maximum absolute atomic E-state index is 12.7. The lowest BCUT2D eigenvalue weighted by Crippen LogP contribution is -2.07. The number of aryl methyl sites for hydroxylation is 2. The van der Waals surface area contributed by atoms with Crippen LogP contribution in [0.15, 0.2) is 54.6 Å². The van der Waals surface area contributed by atoms with Crippen LogP contribution in [0.3, 0.4) is 0 Å². The van der Waals surface area contributed by atoms with Crippen LogP contribution in [0.25, 0.3) is 32.7 Å². The highest BCUT2D eigenvalue weighted by molar-refractivity contribution is 6.32. The van der Waals surface area contributed by atoms with Crippen LogP contribution in [0, 0.1) is 13.8 Å². The molecule has 0 unspecified atom stereocenters. The molecule has 0 bridgehead atoms. The summed E-state index contributed by atoms with van der Waals surface area (Å²) in [7, 11) is 0. The van der Waals surface area contributed by atoms with E-state index in [0.717, 1.165) is 49.4 Å². The number of aromatic amines is 2. The summed E-state index contributed by atoms with van der Waals surface area (Å²) in [5.41, 5.74) is 6.47. The number of esters is 1. The molecule has 144 valence electrons. The van der Waals surface area contributed by atoms with E-state index >= 15 is 0 Å². The van der Waals surface area contributed by atoms with Crippen molar-refractivity contribution in [3.63, 3.8) is 0 Å². The Morgan fingerprint density at radius 1 is 0.931 bits per heavy atom. The Morgan fingerprint density at radius 3 is 2.52 bits per heavy atom. The quantitative estimate of drug-likeness (QED) is 0.341. The van der Waals surface area contributed by atoms with Crippen molar-refractivity contribution in [1.29, 1.82) is 0 Å². The van der Waals surface area contributed by atoms with Gasteiger partial charge in [0, 0.05) is 32.2 Å². The van der Waals surface area contributed by atoms with Crippen LogP contribution < -0.4 is 0 Å². The van der Waals surface area contributed by atoms with Gasteiger partial charge in [-0.25, -0.2) is 4.79 Å². The molecule has 0 radical (unpaired) electrons. The van der Waals surface area contributed by atoms with Gasteiger partial charge in [-0.3, -0.25) is 0 Å². The SMILES string of the molecule is Cc1c(C(=O)OCc2ccccc2)[nH]c2cc3c([nH]c4ccc(Cl)cc43)c(C)c12. The lowest BCUT2D eigenvalue weighted by molar-refractivity contribution is 0.0466. The number of carbonyl (C=O) groups excluding carboxylic acids is 1. The van der Waals surface area contributed by atoms with Gasteiger partial charge in [-0.05, 0) is 54.8 Å². The van der Waals surface area contributed by atoms with Gasteiger partial charge in [0.2, 0.25) is 0 Å². The number of benzene rings is 3. The van der Waals surface area contributed by atoms with Gasteiger partial charge in [0.1, 0.15) is 12.3 Å². The number of rotatable bonds is 3. The second-order valence-electron chi connectivity index (χ2n) is 7.35. The lowest BCUT2D eigenvalue weighted by Gasteiger charge is -2.04. The minimum Gasteiger partial charge on any atom is -0.456 e. The van der Waals surface area contributed by atoms with Crippen molar-refractivity contribution < 1.29 is 9.53 Å². The van der Waals surface area contributed by atoms with Gasteiger partial charge in [0.15, 0.2) is 0 Å². The van der Waals surface area contributed by atoms with Gasteiger partial charge in [0.05, 0.1) is 5.52 Å². The molecule has 4 nitrogen and oxygen atoms in total. The van der Waals surface area contributed by atoms with E-state index in [9.17, 15) is 4.79 Å². The summed E-state index contributed by atoms with van der Waals surface area (Å²) in [5.74, 6) is -0.349. The average Bonchev–Trinajstić information content (AvgIpc) is 3.25. The topological polar surface area (TPSA) is 57.9 Å². The molecule has 2 N–H and O–H groups in total. The third-order valence-electron chi connectivity index (χ3n) is 5.54. The molecule has 5 aromatic rings. The fourth-order valence-corrected chi connectivity index (χ4v) is 4.28. The number of halogens is 1. The van der Waals surface area contributed by atoms with E-state index in [1.54, 1.807) is 0 Å². The minimum atomic E-state index is -0.349. The van der Waals surface area contributed by atoms with Crippen molar-refractivity contribution in [1.82, 2.24) is 9.97 Å². The lowest BCUT2D eigenvalue weighted by atomic mass is 10.0. The number of nitrogens with one attached hydrogen (secondary N) is 2. The Kier molecular flexibility index (Phi) is 4.10. The molecule has 2 aromatic heterocycles. The average molecular weight is 403 g/mol. The van der Waals surface area contributed by atoms with Crippen molar-refractivity contribution in [3.8, 4) is 0 Å². The zero-order valence-electron chi connectivity index (χ0n) is 16.1. The van der Waals surface area contributed by atoms with Crippen LogP contribution in [0.2, 0.25) is 5.02 Å². The van der Waals surface area contributed by atoms with Crippen molar-refractivity contribution >= 4 is 50.3 Å². The number of aromatic nitrogens is 2. The number of fused-ring (bicyclic) bond motifs is 4. The van der Waals surface area contributed by atoms with Gasteiger partial charge >= 0.3 is 5.97 Å². The second-order valence-corrected chi connectivity index (χ2v) is 7.78. The zero-order valence-corrected chi connectivity index (χ0v) is 16.9. The van der Waals surface area contributed by atoms with Crippen molar-refractivity contribution in [2.75, 3.05) is 0 Å². The van der Waals surface area contributed by atoms with Gasteiger partial charge in [-0.1, -0.05) is 41.9 Å². The number of H-pyrrole nitrogens is 2. The van der Waals surface area contributed by atoms with E-state index in [1.165, 1.54) is 0 Å². The number of ether oxygens (including phenoxy) is 1. The molecule has 0 aliphatic rings. The Labute approximate surface area is 172 Å². The third-order valence-corrected chi connectivity index (χ3v) is 5.77. The summed E-state index contributed by atoms with van der Waals surface area (Å²) in [5, 5.41) is 3.89. The fraction of sp³-hybridized carbons (Fsp3) is 0.125. The normalized spacial score (nSPS) is 11.6. The Morgan fingerprint density at radius 2 is 1.72 bits per heavy atom. The van der Waals surface area contributed by atoms with E-state index in [1.807, 2.05) is 55.5 Å². The Bertz CT molecular complexity index is 1400. The molecule has 3 aromatic carbocycles. The summed E-state index contributed by atoms with van der Waals surface area (Å²) >= 11 is 6.21. The molecule has 0 saturated carbocycles. The first-order chi connectivity index (χ1) is 14.0. The van der Waals surface area contributed by atoms with Crippen molar-refractivity contribution in [3.05, 3.63) is 82.0 Å². The molecule has 0 aliphatic carbocycles. The number of hydrogen-bond acceptors (Lipinski definition) is 2. The van der Waals surface area contributed by atoms with Crippen LogP contribution in [0.4, 0.5) is 0 Å². The van der Waals surface area contributed by atoms with Crippen LogP contribution in [0.1, 0.15) is 27.2 Å². The summed E-state index contributed by atoms with van der Waals surface area (Å²) in [4.78, 5) is 19.5. The predicted octanol–water partition coefficient (Wildman–Crippen LogP) is 6.43. The minimum absolute atomic E-state index is 0.247.